The number of benzene rings is 1. The van der Waals surface area contributed by atoms with Crippen LogP contribution in [0.2, 0.25) is 5.02 Å². The Balaban J connectivity index is 1.57. The molecule has 0 aliphatic heterocycles. The number of rotatable bonds is 5. The lowest BCUT2D eigenvalue weighted by Crippen LogP contribution is -2.26. The van der Waals surface area contributed by atoms with E-state index in [2.05, 4.69) is 10.3 Å². The van der Waals surface area contributed by atoms with Crippen molar-refractivity contribution in [3.8, 4) is 0 Å². The second kappa shape index (κ2) is 6.33. The molecule has 0 saturated heterocycles. The van der Waals surface area contributed by atoms with E-state index in [1.54, 1.807) is 11.3 Å². The molecule has 0 unspecified atom stereocenters. The van der Waals surface area contributed by atoms with E-state index in [1.165, 1.54) is 5.56 Å². The molecule has 0 aliphatic carbocycles. The van der Waals surface area contributed by atoms with Gasteiger partial charge in [-0.25, -0.2) is 0 Å². The van der Waals surface area contributed by atoms with Crippen molar-refractivity contribution in [1.82, 2.24) is 10.3 Å². The minimum atomic E-state index is 0.0651. The van der Waals surface area contributed by atoms with Gasteiger partial charge in [-0.1, -0.05) is 17.7 Å². The van der Waals surface area contributed by atoms with E-state index in [-0.39, 0.29) is 5.91 Å². The van der Waals surface area contributed by atoms with E-state index in [0.29, 0.717) is 13.0 Å². The highest BCUT2D eigenvalue weighted by molar-refractivity contribution is 7.10. The molecule has 1 amide bonds. The molecule has 2 N–H and O–H groups in total. The van der Waals surface area contributed by atoms with Gasteiger partial charge < -0.3 is 10.3 Å². The van der Waals surface area contributed by atoms with Gasteiger partial charge in [-0.05, 0) is 41.6 Å². The normalized spacial score (nSPS) is 10.9. The van der Waals surface area contributed by atoms with Crippen LogP contribution in [-0.2, 0) is 17.6 Å². The molecule has 3 rings (SSSR count). The number of carbonyl (C=O) groups is 1. The summed E-state index contributed by atoms with van der Waals surface area (Å²) >= 11 is 7.63. The zero-order valence-corrected chi connectivity index (χ0v) is 12.9. The van der Waals surface area contributed by atoms with Gasteiger partial charge in [0.2, 0.25) is 5.91 Å². The van der Waals surface area contributed by atoms with Gasteiger partial charge in [0, 0.05) is 33.5 Å². The summed E-state index contributed by atoms with van der Waals surface area (Å²) in [6.45, 7) is 0.629. The second-order valence-corrected chi connectivity index (χ2v) is 6.33. The molecule has 0 saturated carbocycles. The quantitative estimate of drug-likeness (QED) is 0.738. The van der Waals surface area contributed by atoms with Gasteiger partial charge in [-0.2, -0.15) is 0 Å². The van der Waals surface area contributed by atoms with Gasteiger partial charge in [0.05, 0.1) is 6.42 Å². The van der Waals surface area contributed by atoms with Crippen molar-refractivity contribution in [2.24, 2.45) is 0 Å². The molecule has 0 radical (unpaired) electrons. The first-order valence-electron chi connectivity index (χ1n) is 6.77. The first-order valence-corrected chi connectivity index (χ1v) is 8.03. The molecule has 0 bridgehead atoms. The van der Waals surface area contributed by atoms with E-state index in [1.807, 2.05) is 41.9 Å². The van der Waals surface area contributed by atoms with Crippen molar-refractivity contribution in [2.75, 3.05) is 6.54 Å². The zero-order chi connectivity index (χ0) is 14.7. The van der Waals surface area contributed by atoms with Crippen LogP contribution in [0.4, 0.5) is 0 Å². The topological polar surface area (TPSA) is 44.9 Å². The Morgan fingerprint density at radius 1 is 1.33 bits per heavy atom. The standard InChI is InChI=1S/C16H15ClN2OS/c17-12-3-4-15-14(8-12)11(10-19-15)5-6-18-16(20)9-13-2-1-7-21-13/h1-4,7-8,10,19H,5-6,9H2,(H,18,20). The third-order valence-electron chi connectivity index (χ3n) is 3.36. The average molecular weight is 319 g/mol. The maximum absolute atomic E-state index is 11.8. The van der Waals surface area contributed by atoms with Crippen LogP contribution in [0.25, 0.3) is 10.9 Å². The summed E-state index contributed by atoms with van der Waals surface area (Å²) in [4.78, 5) is 16.1. The molecule has 0 aliphatic rings. The van der Waals surface area contributed by atoms with E-state index in [9.17, 15) is 4.79 Å². The molecule has 21 heavy (non-hydrogen) atoms. The number of hydrogen-bond acceptors (Lipinski definition) is 2. The fraction of sp³-hybridized carbons (Fsp3) is 0.188. The van der Waals surface area contributed by atoms with Crippen LogP contribution < -0.4 is 5.32 Å². The van der Waals surface area contributed by atoms with Crippen LogP contribution in [0, 0.1) is 0 Å². The van der Waals surface area contributed by atoms with Crippen molar-refractivity contribution < 1.29 is 4.79 Å². The zero-order valence-electron chi connectivity index (χ0n) is 11.4. The van der Waals surface area contributed by atoms with E-state index in [4.69, 9.17) is 11.6 Å². The molecule has 5 heteroatoms. The number of thiophene rings is 1. The lowest BCUT2D eigenvalue weighted by atomic mass is 10.1. The number of hydrogen-bond donors (Lipinski definition) is 2. The highest BCUT2D eigenvalue weighted by Crippen LogP contribution is 2.22. The Morgan fingerprint density at radius 3 is 3.05 bits per heavy atom. The molecule has 2 aromatic heterocycles. The molecule has 3 nitrogen and oxygen atoms in total. The Hall–Kier alpha value is -1.78. The van der Waals surface area contributed by atoms with Gasteiger partial charge in [0.15, 0.2) is 0 Å². The van der Waals surface area contributed by atoms with Gasteiger partial charge in [-0.15, -0.1) is 11.3 Å². The van der Waals surface area contributed by atoms with Crippen LogP contribution in [-0.4, -0.2) is 17.4 Å². The maximum atomic E-state index is 11.8. The van der Waals surface area contributed by atoms with E-state index in [0.717, 1.165) is 27.2 Å². The van der Waals surface area contributed by atoms with Crippen molar-refractivity contribution in [3.05, 3.63) is 57.4 Å². The number of H-pyrrole nitrogens is 1. The first kappa shape index (κ1) is 14.2. The molecule has 2 heterocycles. The predicted molar refractivity (Wildman–Crippen MR) is 88.0 cm³/mol. The fourth-order valence-electron chi connectivity index (χ4n) is 2.33. The fourth-order valence-corrected chi connectivity index (χ4v) is 3.20. The number of halogens is 1. The van der Waals surface area contributed by atoms with Crippen LogP contribution in [0.5, 0.6) is 0 Å². The highest BCUT2D eigenvalue weighted by Gasteiger charge is 2.06. The third kappa shape index (κ3) is 3.46. The monoisotopic (exact) mass is 318 g/mol. The molecular weight excluding hydrogens is 304 g/mol. The Bertz CT molecular complexity index is 749. The molecule has 1 aromatic carbocycles. The molecular formula is C16H15ClN2OS. The van der Waals surface area contributed by atoms with Crippen molar-refractivity contribution in [2.45, 2.75) is 12.8 Å². The van der Waals surface area contributed by atoms with Gasteiger partial charge in [-0.3, -0.25) is 4.79 Å². The first-order chi connectivity index (χ1) is 10.2. The largest absolute Gasteiger partial charge is 0.361 e. The SMILES string of the molecule is O=C(Cc1cccs1)NCCc1c[nH]c2ccc(Cl)cc12. The minimum absolute atomic E-state index is 0.0651. The number of nitrogens with one attached hydrogen (secondary N) is 2. The highest BCUT2D eigenvalue weighted by atomic mass is 35.5. The van der Waals surface area contributed by atoms with Gasteiger partial charge in [0.25, 0.3) is 0 Å². The summed E-state index contributed by atoms with van der Waals surface area (Å²) < 4.78 is 0. The van der Waals surface area contributed by atoms with Crippen LogP contribution in [0.3, 0.4) is 0 Å². The Morgan fingerprint density at radius 2 is 2.24 bits per heavy atom. The van der Waals surface area contributed by atoms with Crippen molar-refractivity contribution in [3.63, 3.8) is 0 Å². The average Bonchev–Trinajstić information content (AvgIpc) is 3.09. The molecule has 0 spiro atoms. The number of amides is 1. The number of fused-ring (bicyclic) bond motifs is 1. The summed E-state index contributed by atoms with van der Waals surface area (Å²) in [7, 11) is 0. The number of aromatic amines is 1. The minimum Gasteiger partial charge on any atom is -0.361 e. The summed E-state index contributed by atoms with van der Waals surface area (Å²) in [5.41, 5.74) is 2.24. The second-order valence-electron chi connectivity index (χ2n) is 4.86. The lowest BCUT2D eigenvalue weighted by molar-refractivity contribution is -0.120. The van der Waals surface area contributed by atoms with E-state index >= 15 is 0 Å². The van der Waals surface area contributed by atoms with Crippen LogP contribution >= 0.6 is 22.9 Å². The van der Waals surface area contributed by atoms with Crippen LogP contribution in [0.15, 0.2) is 41.9 Å². The summed E-state index contributed by atoms with van der Waals surface area (Å²) in [6.07, 6.45) is 3.22. The molecule has 0 fully saturated rings. The predicted octanol–water partition coefficient (Wildman–Crippen LogP) is 3.78. The summed E-state index contributed by atoms with van der Waals surface area (Å²) in [6, 6.07) is 9.73. The smallest absolute Gasteiger partial charge is 0.225 e. The van der Waals surface area contributed by atoms with E-state index < -0.39 is 0 Å². The Labute approximate surface area is 131 Å². The molecule has 3 aromatic rings. The van der Waals surface area contributed by atoms with Gasteiger partial charge in [0.1, 0.15) is 0 Å². The van der Waals surface area contributed by atoms with Crippen molar-refractivity contribution >= 4 is 39.7 Å². The third-order valence-corrected chi connectivity index (χ3v) is 4.47. The number of aromatic nitrogens is 1. The Kier molecular flexibility index (Phi) is 4.27. The maximum Gasteiger partial charge on any atom is 0.225 e. The molecule has 0 atom stereocenters. The van der Waals surface area contributed by atoms with Crippen LogP contribution in [0.1, 0.15) is 10.4 Å². The molecule has 108 valence electrons. The number of carbonyl (C=O) groups excluding carboxylic acids is 1. The van der Waals surface area contributed by atoms with Gasteiger partial charge >= 0.3 is 0 Å². The lowest BCUT2D eigenvalue weighted by Gasteiger charge is -2.04. The summed E-state index contributed by atoms with van der Waals surface area (Å²) in [5.74, 6) is 0.0651. The van der Waals surface area contributed by atoms with Crippen molar-refractivity contribution in [1.29, 1.82) is 0 Å². The summed E-state index contributed by atoms with van der Waals surface area (Å²) in [5, 5.41) is 6.79.